The largest absolute Gasteiger partial charge is 0.490 e. The normalized spacial score (nSPS) is 14.6. The van der Waals surface area contributed by atoms with E-state index < -0.39 is 0 Å². The smallest absolute Gasteiger partial charge is 0.293 e. The number of rotatable bonds is 8. The van der Waals surface area contributed by atoms with Gasteiger partial charge in [-0.05, 0) is 66.2 Å². The summed E-state index contributed by atoms with van der Waals surface area (Å²) in [6, 6.07) is 18.6. The van der Waals surface area contributed by atoms with E-state index in [0.717, 1.165) is 27.4 Å². The molecule has 1 fully saturated rings. The minimum Gasteiger partial charge on any atom is -0.490 e. The summed E-state index contributed by atoms with van der Waals surface area (Å²) in [7, 11) is 0. The average molecular weight is 638 g/mol. The van der Waals surface area contributed by atoms with Crippen molar-refractivity contribution in [3.63, 3.8) is 0 Å². The molecular weight excluding hydrogens is 618 g/mol. The maximum atomic E-state index is 13.0. The van der Waals surface area contributed by atoms with E-state index in [1.807, 2.05) is 55.5 Å². The number of ether oxygens (including phenoxy) is 2. The zero-order valence-corrected chi connectivity index (χ0v) is 23.3. The van der Waals surface area contributed by atoms with Gasteiger partial charge in [-0.15, -0.1) is 0 Å². The monoisotopic (exact) mass is 635 g/mol. The first kappa shape index (κ1) is 25.8. The first-order valence-electron chi connectivity index (χ1n) is 10.7. The van der Waals surface area contributed by atoms with E-state index in [1.54, 1.807) is 18.2 Å². The number of halogens is 3. The van der Waals surface area contributed by atoms with Gasteiger partial charge in [0.15, 0.2) is 11.5 Å². The summed E-state index contributed by atoms with van der Waals surface area (Å²) in [6.07, 6.45) is 1.69. The summed E-state index contributed by atoms with van der Waals surface area (Å²) in [6.45, 7) is 2.82. The van der Waals surface area contributed by atoms with E-state index >= 15 is 0 Å². The van der Waals surface area contributed by atoms with E-state index in [-0.39, 0.29) is 24.3 Å². The third kappa shape index (κ3) is 6.30. The number of carbonyl (C=O) groups is 2. The van der Waals surface area contributed by atoms with E-state index in [9.17, 15) is 9.59 Å². The van der Waals surface area contributed by atoms with Gasteiger partial charge in [0, 0.05) is 19.5 Å². The van der Waals surface area contributed by atoms with Crippen molar-refractivity contribution in [1.29, 1.82) is 0 Å². The second-order valence-corrected chi connectivity index (χ2v) is 10.7. The highest BCUT2D eigenvalue weighted by Crippen LogP contribution is 2.39. The molecular formula is C26H20Br2ClNO4S. The molecule has 0 atom stereocenters. The molecule has 0 unspecified atom stereocenters. The first-order chi connectivity index (χ1) is 16.9. The topological polar surface area (TPSA) is 55.8 Å². The molecule has 2 amide bonds. The molecule has 4 rings (SSSR count). The highest BCUT2D eigenvalue weighted by molar-refractivity contribution is 9.10. The Morgan fingerprint density at radius 1 is 1.00 bits per heavy atom. The molecule has 1 saturated heterocycles. The molecule has 1 heterocycles. The first-order valence-corrected chi connectivity index (χ1v) is 13.5. The molecule has 180 valence electrons. The van der Waals surface area contributed by atoms with Crippen LogP contribution in [-0.4, -0.2) is 22.7 Å². The molecule has 1 aliphatic rings. The number of nitrogens with zero attached hydrogens (tertiary/aromatic N) is 1. The molecule has 35 heavy (non-hydrogen) atoms. The Balaban J connectivity index is 1.56. The van der Waals surface area contributed by atoms with Crippen molar-refractivity contribution < 1.29 is 19.1 Å². The Bertz CT molecular complexity index is 1300. The lowest BCUT2D eigenvalue weighted by atomic mass is 10.1. The van der Waals surface area contributed by atoms with Crippen molar-refractivity contribution in [2.24, 2.45) is 0 Å². The van der Waals surface area contributed by atoms with Crippen LogP contribution in [0.2, 0.25) is 5.02 Å². The van der Waals surface area contributed by atoms with E-state index in [4.69, 9.17) is 21.1 Å². The summed E-state index contributed by atoms with van der Waals surface area (Å²) >= 11 is 14.1. The molecule has 0 bridgehead atoms. The van der Waals surface area contributed by atoms with Crippen LogP contribution in [0.3, 0.4) is 0 Å². The maximum absolute atomic E-state index is 13.0. The third-order valence-corrected chi connectivity index (χ3v) is 7.61. The van der Waals surface area contributed by atoms with Crippen molar-refractivity contribution in [1.82, 2.24) is 4.90 Å². The van der Waals surface area contributed by atoms with Gasteiger partial charge in [0.25, 0.3) is 11.1 Å². The number of carbonyl (C=O) groups excluding carboxylic acids is 2. The minimum absolute atomic E-state index is 0.218. The van der Waals surface area contributed by atoms with Gasteiger partial charge in [-0.3, -0.25) is 14.5 Å². The molecule has 0 radical (unpaired) electrons. The number of benzene rings is 3. The third-order valence-electron chi connectivity index (χ3n) is 5.12. The molecule has 0 spiro atoms. The van der Waals surface area contributed by atoms with Crippen molar-refractivity contribution in [2.75, 3.05) is 6.61 Å². The second kappa shape index (κ2) is 11.6. The molecule has 0 aromatic heterocycles. The standard InChI is InChI=1S/C26H20Br2ClNO4S/c1-2-33-22-11-18(20(28)13-23(22)34-15-17-5-3-4-6-21(17)29)12-24-25(31)30(26(32)35-24)14-16-7-9-19(27)10-8-16/h3-13H,2,14-15H2,1H3/b24-12-. The predicted molar refractivity (Wildman–Crippen MR) is 147 cm³/mol. The fourth-order valence-corrected chi connectivity index (χ4v) is 5.08. The zero-order chi connectivity index (χ0) is 24.9. The van der Waals surface area contributed by atoms with Gasteiger partial charge < -0.3 is 9.47 Å². The quantitative estimate of drug-likeness (QED) is 0.234. The van der Waals surface area contributed by atoms with Crippen LogP contribution in [0.1, 0.15) is 23.6 Å². The average Bonchev–Trinajstić information content (AvgIpc) is 3.09. The number of thioether (sulfide) groups is 1. The molecule has 1 aliphatic heterocycles. The number of hydrogen-bond donors (Lipinski definition) is 0. The van der Waals surface area contributed by atoms with Gasteiger partial charge in [0.05, 0.1) is 18.1 Å². The Morgan fingerprint density at radius 2 is 1.71 bits per heavy atom. The van der Waals surface area contributed by atoms with Crippen LogP contribution in [0.4, 0.5) is 4.79 Å². The number of amides is 2. The summed E-state index contributed by atoms with van der Waals surface area (Å²) in [5, 5.41) is 0.324. The van der Waals surface area contributed by atoms with Crippen LogP contribution >= 0.6 is 55.2 Å². The zero-order valence-electron chi connectivity index (χ0n) is 18.6. The fraction of sp³-hybridized carbons (Fsp3) is 0.154. The van der Waals surface area contributed by atoms with E-state index in [2.05, 4.69) is 31.9 Å². The van der Waals surface area contributed by atoms with Crippen LogP contribution < -0.4 is 9.47 Å². The Morgan fingerprint density at radius 3 is 2.43 bits per heavy atom. The van der Waals surface area contributed by atoms with E-state index in [1.165, 1.54) is 4.90 Å². The summed E-state index contributed by atoms with van der Waals surface area (Å²) in [5.41, 5.74) is 2.43. The summed E-state index contributed by atoms with van der Waals surface area (Å²) in [4.78, 5) is 27.2. The minimum atomic E-state index is -0.327. The molecule has 3 aromatic rings. The van der Waals surface area contributed by atoms with Gasteiger partial charge in [-0.25, -0.2) is 0 Å². The lowest BCUT2D eigenvalue weighted by Gasteiger charge is -2.15. The summed E-state index contributed by atoms with van der Waals surface area (Å²) in [5.74, 6) is 0.744. The number of hydrogen-bond acceptors (Lipinski definition) is 5. The van der Waals surface area contributed by atoms with E-state index in [0.29, 0.717) is 38.1 Å². The maximum Gasteiger partial charge on any atom is 0.293 e. The van der Waals surface area contributed by atoms with Crippen LogP contribution in [0.15, 0.2) is 74.5 Å². The van der Waals surface area contributed by atoms with Gasteiger partial charge in [0.2, 0.25) is 0 Å². The Kier molecular flexibility index (Phi) is 8.59. The van der Waals surface area contributed by atoms with Crippen LogP contribution in [0.5, 0.6) is 11.5 Å². The van der Waals surface area contributed by atoms with Gasteiger partial charge in [0.1, 0.15) is 6.61 Å². The molecule has 9 heteroatoms. The predicted octanol–water partition coefficient (Wildman–Crippen LogP) is 8.08. The number of imide groups is 1. The second-order valence-electron chi connectivity index (χ2n) is 7.53. The fourth-order valence-electron chi connectivity index (χ4n) is 3.36. The summed E-state index contributed by atoms with van der Waals surface area (Å²) < 4.78 is 13.4. The molecule has 0 saturated carbocycles. The van der Waals surface area contributed by atoms with Crippen molar-refractivity contribution in [3.05, 3.63) is 96.2 Å². The van der Waals surface area contributed by atoms with Gasteiger partial charge in [-0.2, -0.15) is 0 Å². The van der Waals surface area contributed by atoms with Gasteiger partial charge in [-0.1, -0.05) is 73.8 Å². The van der Waals surface area contributed by atoms with Gasteiger partial charge >= 0.3 is 0 Å². The van der Waals surface area contributed by atoms with Crippen molar-refractivity contribution >= 4 is 72.4 Å². The van der Waals surface area contributed by atoms with Crippen molar-refractivity contribution in [3.8, 4) is 11.5 Å². The Labute approximate surface area is 229 Å². The van der Waals surface area contributed by atoms with Crippen LogP contribution in [0.25, 0.3) is 6.08 Å². The molecule has 0 aliphatic carbocycles. The lowest BCUT2D eigenvalue weighted by Crippen LogP contribution is -2.27. The van der Waals surface area contributed by atoms with Crippen LogP contribution in [-0.2, 0) is 17.9 Å². The molecule has 3 aromatic carbocycles. The Hall–Kier alpha value is -2.26. The van der Waals surface area contributed by atoms with Crippen molar-refractivity contribution in [2.45, 2.75) is 20.1 Å². The highest BCUT2D eigenvalue weighted by atomic mass is 79.9. The van der Waals surface area contributed by atoms with Crippen LogP contribution in [0, 0.1) is 0 Å². The lowest BCUT2D eigenvalue weighted by molar-refractivity contribution is -0.123. The molecule has 5 nitrogen and oxygen atoms in total. The SMILES string of the molecule is CCOc1cc(/C=C2\SC(=O)N(Cc3ccc(Br)cc3)C2=O)c(Br)cc1OCc1ccccc1Cl. The molecule has 0 N–H and O–H groups in total. The highest BCUT2D eigenvalue weighted by Gasteiger charge is 2.35.